The summed E-state index contributed by atoms with van der Waals surface area (Å²) < 4.78 is 30.9. The van der Waals surface area contributed by atoms with Crippen molar-refractivity contribution in [1.29, 1.82) is 0 Å². The van der Waals surface area contributed by atoms with Gasteiger partial charge in [0.15, 0.2) is 15.7 Å². The highest BCUT2D eigenvalue weighted by Gasteiger charge is 2.33. The van der Waals surface area contributed by atoms with E-state index in [4.69, 9.17) is 4.52 Å². The van der Waals surface area contributed by atoms with Gasteiger partial charge in [-0.2, -0.15) is 4.98 Å². The minimum atomic E-state index is -3.37. The minimum Gasteiger partial charge on any atom is -0.339 e. The molecule has 0 saturated carbocycles. The molecule has 0 N–H and O–H groups in total. The first-order chi connectivity index (χ1) is 10.8. The van der Waals surface area contributed by atoms with Crippen LogP contribution in [0.4, 0.5) is 0 Å². The summed E-state index contributed by atoms with van der Waals surface area (Å²) >= 11 is 0. The molecular weight excluding hydrogens is 312 g/mol. The average molecular weight is 334 g/mol. The van der Waals surface area contributed by atoms with Crippen LogP contribution in [0.3, 0.4) is 0 Å². The van der Waals surface area contributed by atoms with Crippen LogP contribution in [0.2, 0.25) is 0 Å². The highest BCUT2D eigenvalue weighted by atomic mass is 32.2. The van der Waals surface area contributed by atoms with E-state index < -0.39 is 15.1 Å². The van der Waals surface area contributed by atoms with E-state index in [2.05, 4.69) is 10.1 Å². The quantitative estimate of drug-likeness (QED) is 0.860. The van der Waals surface area contributed by atoms with Gasteiger partial charge in [-0.15, -0.1) is 0 Å². The topological polar surface area (TPSA) is 73.1 Å². The van der Waals surface area contributed by atoms with Gasteiger partial charge in [-0.25, -0.2) is 8.42 Å². The second-order valence-electron chi connectivity index (χ2n) is 7.15. The van der Waals surface area contributed by atoms with Gasteiger partial charge in [-0.1, -0.05) is 50.2 Å². The largest absolute Gasteiger partial charge is 0.339 e. The molecule has 0 radical (unpaired) electrons. The molecule has 2 aromatic rings. The number of aryl methyl sites for hydroxylation is 1. The van der Waals surface area contributed by atoms with Crippen LogP contribution >= 0.6 is 0 Å². The summed E-state index contributed by atoms with van der Waals surface area (Å²) in [5, 5.41) is 3.38. The Kier molecular flexibility index (Phi) is 4.04. The normalized spacial score (nSPS) is 18.7. The van der Waals surface area contributed by atoms with E-state index in [0.717, 1.165) is 24.0 Å². The van der Waals surface area contributed by atoms with Crippen molar-refractivity contribution in [3.05, 3.63) is 47.1 Å². The number of hydrogen-bond acceptors (Lipinski definition) is 5. The zero-order valence-electron chi connectivity index (χ0n) is 13.7. The summed E-state index contributed by atoms with van der Waals surface area (Å²) in [4.78, 5) is 4.26. The molecule has 3 rings (SSSR count). The van der Waals surface area contributed by atoms with Crippen LogP contribution in [-0.2, 0) is 27.4 Å². The SMILES string of the molecule is CC(C)(C)c1nc(CS(=O)(=O)[C@@H]2CCCc3ccccc32)no1. The van der Waals surface area contributed by atoms with Gasteiger partial charge >= 0.3 is 0 Å². The number of hydrogen-bond donors (Lipinski definition) is 0. The fraction of sp³-hybridized carbons (Fsp3) is 0.529. The first-order valence-electron chi connectivity index (χ1n) is 7.90. The molecule has 124 valence electrons. The summed E-state index contributed by atoms with van der Waals surface area (Å²) in [7, 11) is -3.37. The van der Waals surface area contributed by atoms with Crippen LogP contribution in [-0.4, -0.2) is 18.6 Å². The number of benzene rings is 1. The smallest absolute Gasteiger partial charge is 0.232 e. The molecule has 23 heavy (non-hydrogen) atoms. The van der Waals surface area contributed by atoms with E-state index in [1.165, 1.54) is 0 Å². The highest BCUT2D eigenvalue weighted by Crippen LogP contribution is 2.36. The van der Waals surface area contributed by atoms with Gasteiger partial charge in [-0.3, -0.25) is 0 Å². The molecule has 0 fully saturated rings. The van der Waals surface area contributed by atoms with Gasteiger partial charge in [0.25, 0.3) is 0 Å². The molecule has 6 heteroatoms. The Balaban J connectivity index is 1.87. The molecule has 1 aromatic carbocycles. The Hall–Kier alpha value is -1.69. The van der Waals surface area contributed by atoms with Crippen molar-refractivity contribution in [2.75, 3.05) is 0 Å². The Bertz CT molecular complexity index is 803. The lowest BCUT2D eigenvalue weighted by atomic mass is 9.91. The van der Waals surface area contributed by atoms with Gasteiger partial charge in [-0.05, 0) is 30.4 Å². The van der Waals surface area contributed by atoms with E-state index in [1.54, 1.807) is 0 Å². The number of fused-ring (bicyclic) bond motifs is 1. The number of aromatic nitrogens is 2. The molecule has 1 aliphatic carbocycles. The molecular formula is C17H22N2O3S. The zero-order valence-corrected chi connectivity index (χ0v) is 14.6. The maximum atomic E-state index is 12.9. The van der Waals surface area contributed by atoms with E-state index in [-0.39, 0.29) is 17.0 Å². The molecule has 1 aromatic heterocycles. The second kappa shape index (κ2) is 5.74. The molecule has 1 atom stereocenters. The minimum absolute atomic E-state index is 0.175. The van der Waals surface area contributed by atoms with Crippen LogP contribution < -0.4 is 0 Å². The van der Waals surface area contributed by atoms with E-state index in [1.807, 2.05) is 45.0 Å². The van der Waals surface area contributed by atoms with Crippen molar-refractivity contribution in [3.63, 3.8) is 0 Å². The van der Waals surface area contributed by atoms with Crippen LogP contribution in [0.5, 0.6) is 0 Å². The molecule has 0 spiro atoms. The van der Waals surface area contributed by atoms with Crippen LogP contribution in [0.1, 0.15) is 61.7 Å². The predicted molar refractivity (Wildman–Crippen MR) is 87.7 cm³/mol. The molecule has 1 heterocycles. The average Bonchev–Trinajstić information content (AvgIpc) is 2.94. The Morgan fingerprint density at radius 3 is 2.70 bits per heavy atom. The fourth-order valence-corrected chi connectivity index (χ4v) is 4.80. The van der Waals surface area contributed by atoms with E-state index >= 15 is 0 Å². The summed E-state index contributed by atoms with van der Waals surface area (Å²) in [6.07, 6.45) is 2.49. The second-order valence-corrected chi connectivity index (χ2v) is 9.34. The lowest BCUT2D eigenvalue weighted by Gasteiger charge is -2.24. The van der Waals surface area contributed by atoms with Gasteiger partial charge in [0.1, 0.15) is 5.75 Å². The van der Waals surface area contributed by atoms with Crippen molar-refractivity contribution in [2.45, 2.75) is 56.5 Å². The van der Waals surface area contributed by atoms with E-state index in [0.29, 0.717) is 12.3 Å². The van der Waals surface area contributed by atoms with Gasteiger partial charge in [0.05, 0.1) is 5.25 Å². The monoisotopic (exact) mass is 334 g/mol. The Morgan fingerprint density at radius 2 is 2.00 bits per heavy atom. The lowest BCUT2D eigenvalue weighted by Crippen LogP contribution is -2.21. The molecule has 1 aliphatic rings. The third kappa shape index (κ3) is 3.32. The Morgan fingerprint density at radius 1 is 1.26 bits per heavy atom. The van der Waals surface area contributed by atoms with Crippen molar-refractivity contribution in [3.8, 4) is 0 Å². The predicted octanol–water partition coefficient (Wildman–Crippen LogP) is 3.36. The van der Waals surface area contributed by atoms with Crippen molar-refractivity contribution in [2.24, 2.45) is 0 Å². The molecule has 0 aliphatic heterocycles. The van der Waals surface area contributed by atoms with Crippen molar-refractivity contribution < 1.29 is 12.9 Å². The molecule has 0 saturated heterocycles. The molecule has 5 nitrogen and oxygen atoms in total. The van der Waals surface area contributed by atoms with Crippen LogP contribution in [0.25, 0.3) is 0 Å². The summed E-state index contributed by atoms with van der Waals surface area (Å²) in [5.41, 5.74) is 1.78. The van der Waals surface area contributed by atoms with Gasteiger partial charge in [0.2, 0.25) is 5.89 Å². The van der Waals surface area contributed by atoms with Gasteiger partial charge in [0, 0.05) is 5.41 Å². The number of nitrogens with zero attached hydrogens (tertiary/aromatic N) is 2. The maximum absolute atomic E-state index is 12.9. The fourth-order valence-electron chi connectivity index (χ4n) is 2.98. The highest BCUT2D eigenvalue weighted by molar-refractivity contribution is 7.90. The zero-order chi connectivity index (χ0) is 16.7. The Labute approximate surface area is 137 Å². The van der Waals surface area contributed by atoms with Crippen molar-refractivity contribution >= 4 is 9.84 Å². The number of sulfone groups is 1. The summed E-state index contributed by atoms with van der Waals surface area (Å²) in [5.74, 6) is 0.538. The van der Waals surface area contributed by atoms with Crippen LogP contribution in [0.15, 0.2) is 28.8 Å². The molecule has 0 bridgehead atoms. The number of rotatable bonds is 3. The standard InChI is InChI=1S/C17H22N2O3S/c1-17(2,3)16-18-15(19-22-16)11-23(20,21)14-10-6-8-12-7-4-5-9-13(12)14/h4-5,7,9,14H,6,8,10-11H2,1-3H3/t14-/m1/s1. The lowest BCUT2D eigenvalue weighted by molar-refractivity contribution is 0.319. The van der Waals surface area contributed by atoms with E-state index in [9.17, 15) is 8.42 Å². The van der Waals surface area contributed by atoms with Crippen LogP contribution in [0, 0.1) is 0 Å². The summed E-state index contributed by atoms with van der Waals surface area (Å²) in [6, 6.07) is 7.80. The first kappa shape index (κ1) is 16.2. The first-order valence-corrected chi connectivity index (χ1v) is 9.61. The third-order valence-corrected chi connectivity index (χ3v) is 6.21. The molecule has 0 amide bonds. The molecule has 0 unspecified atom stereocenters. The van der Waals surface area contributed by atoms with Crippen molar-refractivity contribution in [1.82, 2.24) is 10.1 Å². The maximum Gasteiger partial charge on any atom is 0.232 e. The summed E-state index contributed by atoms with van der Waals surface area (Å²) in [6.45, 7) is 5.86. The van der Waals surface area contributed by atoms with Gasteiger partial charge < -0.3 is 4.52 Å². The third-order valence-electron chi connectivity index (χ3n) is 4.19.